The lowest BCUT2D eigenvalue weighted by Gasteiger charge is -2.00. The largest absolute Gasteiger partial charge is 0.497 e. The third-order valence-electron chi connectivity index (χ3n) is 3.43. The molecule has 2 N–H and O–H groups in total. The maximum Gasteiger partial charge on any atom is 0.269 e. The minimum atomic E-state index is -0.230. The molecule has 0 aliphatic heterocycles. The standard InChI is InChI=1S/C17H17N3O3/c1-11-3-6-14(23-11)10-18-17(21)16-9-15(19-20-16)12-4-7-13(22-2)8-5-12/h3-9H,10H2,1-2H3,(H,18,21)(H,19,20). The fourth-order valence-corrected chi connectivity index (χ4v) is 2.19. The first-order valence-corrected chi connectivity index (χ1v) is 7.19. The molecule has 6 nitrogen and oxygen atoms in total. The second kappa shape index (κ2) is 6.39. The highest BCUT2D eigenvalue weighted by molar-refractivity contribution is 5.93. The lowest BCUT2D eigenvalue weighted by Crippen LogP contribution is -2.22. The van der Waals surface area contributed by atoms with Crippen molar-refractivity contribution in [2.24, 2.45) is 0 Å². The summed E-state index contributed by atoms with van der Waals surface area (Å²) >= 11 is 0. The fraction of sp³-hybridized carbons (Fsp3) is 0.176. The van der Waals surface area contributed by atoms with E-state index in [9.17, 15) is 4.79 Å². The summed E-state index contributed by atoms with van der Waals surface area (Å²) < 4.78 is 10.5. The van der Waals surface area contributed by atoms with Crippen molar-refractivity contribution in [3.63, 3.8) is 0 Å². The normalized spacial score (nSPS) is 10.5. The van der Waals surface area contributed by atoms with Gasteiger partial charge in [0.15, 0.2) is 0 Å². The summed E-state index contributed by atoms with van der Waals surface area (Å²) in [5.41, 5.74) is 2.01. The van der Waals surface area contributed by atoms with Gasteiger partial charge in [-0.2, -0.15) is 5.10 Å². The number of hydrogen-bond donors (Lipinski definition) is 2. The number of benzene rings is 1. The van der Waals surface area contributed by atoms with Gasteiger partial charge in [-0.25, -0.2) is 0 Å². The molecule has 0 aliphatic carbocycles. The maximum atomic E-state index is 12.1. The highest BCUT2D eigenvalue weighted by Crippen LogP contribution is 2.21. The first kappa shape index (κ1) is 14.9. The smallest absolute Gasteiger partial charge is 0.269 e. The van der Waals surface area contributed by atoms with E-state index >= 15 is 0 Å². The number of nitrogens with one attached hydrogen (secondary N) is 2. The van der Waals surface area contributed by atoms with E-state index < -0.39 is 0 Å². The molecule has 0 fully saturated rings. The Balaban J connectivity index is 1.66. The predicted octanol–water partition coefficient (Wildman–Crippen LogP) is 2.92. The Hall–Kier alpha value is -3.02. The van der Waals surface area contributed by atoms with E-state index in [1.54, 1.807) is 13.2 Å². The molecule has 23 heavy (non-hydrogen) atoms. The summed E-state index contributed by atoms with van der Waals surface area (Å²) in [6, 6.07) is 12.9. The summed E-state index contributed by atoms with van der Waals surface area (Å²) in [7, 11) is 1.62. The van der Waals surface area contributed by atoms with E-state index in [0.29, 0.717) is 23.7 Å². The van der Waals surface area contributed by atoms with Crippen LogP contribution in [0, 0.1) is 6.92 Å². The van der Waals surface area contributed by atoms with E-state index in [2.05, 4.69) is 15.5 Å². The summed E-state index contributed by atoms with van der Waals surface area (Å²) in [4.78, 5) is 12.1. The number of aromatic amines is 1. The van der Waals surface area contributed by atoms with Crippen molar-refractivity contribution >= 4 is 5.91 Å². The Morgan fingerprint density at radius 1 is 1.26 bits per heavy atom. The van der Waals surface area contributed by atoms with Gasteiger partial charge in [0.25, 0.3) is 5.91 Å². The van der Waals surface area contributed by atoms with Gasteiger partial charge in [-0.1, -0.05) is 0 Å². The molecule has 3 rings (SSSR count). The van der Waals surface area contributed by atoms with Crippen molar-refractivity contribution in [3.05, 3.63) is 59.7 Å². The van der Waals surface area contributed by atoms with Crippen molar-refractivity contribution < 1.29 is 13.9 Å². The average molecular weight is 311 g/mol. The van der Waals surface area contributed by atoms with Gasteiger partial charge in [-0.15, -0.1) is 0 Å². The minimum Gasteiger partial charge on any atom is -0.497 e. The van der Waals surface area contributed by atoms with Crippen LogP contribution in [0.15, 0.2) is 46.9 Å². The van der Waals surface area contributed by atoms with Gasteiger partial charge in [0.1, 0.15) is 23.0 Å². The molecule has 2 heterocycles. The highest BCUT2D eigenvalue weighted by Gasteiger charge is 2.11. The Kier molecular flexibility index (Phi) is 4.14. The third-order valence-corrected chi connectivity index (χ3v) is 3.43. The van der Waals surface area contributed by atoms with Gasteiger partial charge in [0, 0.05) is 5.56 Å². The summed E-state index contributed by atoms with van der Waals surface area (Å²) in [5.74, 6) is 2.07. The Morgan fingerprint density at radius 2 is 2.04 bits per heavy atom. The number of furan rings is 1. The Morgan fingerprint density at radius 3 is 2.70 bits per heavy atom. The van der Waals surface area contributed by atoms with Gasteiger partial charge in [0.05, 0.1) is 19.3 Å². The van der Waals surface area contributed by atoms with Crippen molar-refractivity contribution in [2.45, 2.75) is 13.5 Å². The number of aromatic nitrogens is 2. The number of carbonyl (C=O) groups is 1. The van der Waals surface area contributed by atoms with E-state index in [1.807, 2.05) is 43.3 Å². The second-order valence-electron chi connectivity index (χ2n) is 5.09. The average Bonchev–Trinajstić information content (AvgIpc) is 3.22. The van der Waals surface area contributed by atoms with Crippen LogP contribution in [0.5, 0.6) is 5.75 Å². The lowest BCUT2D eigenvalue weighted by molar-refractivity contribution is 0.0943. The first-order valence-electron chi connectivity index (χ1n) is 7.19. The molecule has 3 aromatic rings. The zero-order valence-corrected chi connectivity index (χ0v) is 12.9. The lowest BCUT2D eigenvalue weighted by atomic mass is 10.1. The van der Waals surface area contributed by atoms with Crippen molar-refractivity contribution in [1.82, 2.24) is 15.5 Å². The molecule has 1 aromatic carbocycles. The number of nitrogens with zero attached hydrogens (tertiary/aromatic N) is 1. The summed E-state index contributed by atoms with van der Waals surface area (Å²) in [6.45, 7) is 2.20. The van der Waals surface area contributed by atoms with Crippen LogP contribution < -0.4 is 10.1 Å². The topological polar surface area (TPSA) is 80.1 Å². The molecule has 0 radical (unpaired) electrons. The molecule has 0 saturated heterocycles. The molecule has 1 amide bonds. The molecule has 2 aromatic heterocycles. The molecule has 6 heteroatoms. The zero-order chi connectivity index (χ0) is 16.2. The summed E-state index contributed by atoms with van der Waals surface area (Å²) in [6.07, 6.45) is 0. The minimum absolute atomic E-state index is 0.230. The third kappa shape index (κ3) is 3.42. The van der Waals surface area contributed by atoms with Gasteiger partial charge in [-0.05, 0) is 49.4 Å². The number of carbonyl (C=O) groups excluding carboxylic acids is 1. The first-order chi connectivity index (χ1) is 11.2. The molecule has 0 aliphatic rings. The van der Waals surface area contributed by atoms with Gasteiger partial charge in [-0.3, -0.25) is 9.89 Å². The number of aryl methyl sites for hydroxylation is 1. The van der Waals surface area contributed by atoms with Crippen molar-refractivity contribution in [3.8, 4) is 17.0 Å². The van der Waals surface area contributed by atoms with Crippen LogP contribution in [-0.2, 0) is 6.54 Å². The maximum absolute atomic E-state index is 12.1. The number of hydrogen-bond acceptors (Lipinski definition) is 4. The second-order valence-corrected chi connectivity index (χ2v) is 5.09. The predicted molar refractivity (Wildman–Crippen MR) is 85.2 cm³/mol. The number of methoxy groups -OCH3 is 1. The molecule has 0 atom stereocenters. The van der Waals surface area contributed by atoms with E-state index in [4.69, 9.17) is 9.15 Å². The molecular formula is C17H17N3O3. The van der Waals surface area contributed by atoms with Crippen molar-refractivity contribution in [2.75, 3.05) is 7.11 Å². The van der Waals surface area contributed by atoms with Gasteiger partial charge >= 0.3 is 0 Å². The summed E-state index contributed by atoms with van der Waals surface area (Å²) in [5, 5.41) is 9.71. The number of rotatable bonds is 5. The Bertz CT molecular complexity index is 803. The number of amides is 1. The number of ether oxygens (including phenoxy) is 1. The van der Waals surface area contributed by atoms with E-state index in [0.717, 1.165) is 17.1 Å². The van der Waals surface area contributed by atoms with E-state index in [1.165, 1.54) is 0 Å². The molecule has 0 saturated carbocycles. The SMILES string of the molecule is COc1ccc(-c2cc(C(=O)NCc3ccc(C)o3)[nH]n2)cc1. The van der Waals surface area contributed by atoms with E-state index in [-0.39, 0.29) is 5.91 Å². The molecule has 0 unspecified atom stereocenters. The van der Waals surface area contributed by atoms with Crippen LogP contribution in [-0.4, -0.2) is 23.2 Å². The van der Waals surface area contributed by atoms with Crippen molar-refractivity contribution in [1.29, 1.82) is 0 Å². The van der Waals surface area contributed by atoms with Gasteiger partial charge < -0.3 is 14.5 Å². The zero-order valence-electron chi connectivity index (χ0n) is 12.9. The highest BCUT2D eigenvalue weighted by atomic mass is 16.5. The van der Waals surface area contributed by atoms with Crippen LogP contribution in [0.4, 0.5) is 0 Å². The van der Waals surface area contributed by atoms with Crippen LogP contribution in [0.2, 0.25) is 0 Å². The monoisotopic (exact) mass is 311 g/mol. The van der Waals surface area contributed by atoms with Crippen LogP contribution >= 0.6 is 0 Å². The van der Waals surface area contributed by atoms with Gasteiger partial charge in [0.2, 0.25) is 0 Å². The fourth-order valence-electron chi connectivity index (χ4n) is 2.19. The van der Waals surface area contributed by atoms with Crippen LogP contribution in [0.1, 0.15) is 22.0 Å². The molecular weight excluding hydrogens is 294 g/mol. The molecule has 0 bridgehead atoms. The van der Waals surface area contributed by atoms with Crippen LogP contribution in [0.3, 0.4) is 0 Å². The Labute approximate surface area is 133 Å². The molecule has 118 valence electrons. The number of H-pyrrole nitrogens is 1. The quantitative estimate of drug-likeness (QED) is 0.759. The molecule has 0 spiro atoms. The van der Waals surface area contributed by atoms with Crippen LogP contribution in [0.25, 0.3) is 11.3 Å².